The lowest BCUT2D eigenvalue weighted by Gasteiger charge is -2.01. The van der Waals surface area contributed by atoms with Crippen LogP contribution in [-0.2, 0) is 4.74 Å². The first-order valence-corrected chi connectivity index (χ1v) is 5.16. The fraction of sp³-hybridized carbons (Fsp3) is 0.444. The minimum atomic E-state index is -0.729. The Kier molecular flexibility index (Phi) is 2.05. The molecule has 0 aromatic carbocycles. The van der Waals surface area contributed by atoms with Gasteiger partial charge in [-0.15, -0.1) is 0 Å². The summed E-state index contributed by atoms with van der Waals surface area (Å²) in [4.78, 5) is 25.1. The summed E-state index contributed by atoms with van der Waals surface area (Å²) in [5, 5.41) is 4.05. The van der Waals surface area contributed by atoms with E-state index >= 15 is 0 Å². The van der Waals surface area contributed by atoms with E-state index in [0.717, 1.165) is 11.1 Å². The van der Waals surface area contributed by atoms with Crippen LogP contribution in [0.3, 0.4) is 0 Å². The van der Waals surface area contributed by atoms with Crippen LogP contribution in [0, 0.1) is 0 Å². The van der Waals surface area contributed by atoms with Crippen LogP contribution in [0.2, 0.25) is 0 Å². The van der Waals surface area contributed by atoms with Gasteiger partial charge in [0.15, 0.2) is 0 Å². The van der Waals surface area contributed by atoms with Crippen molar-refractivity contribution < 1.29 is 9.26 Å². The summed E-state index contributed by atoms with van der Waals surface area (Å²) in [6.07, 6.45) is 0.769. The van der Waals surface area contributed by atoms with Crippen molar-refractivity contribution >= 4 is 11.1 Å². The minimum absolute atomic E-state index is 0.00912. The van der Waals surface area contributed by atoms with Gasteiger partial charge >= 0.3 is 5.69 Å². The highest BCUT2D eigenvalue weighted by molar-refractivity contribution is 5.75. The number of ether oxygens (including phenoxy) is 1. The molecule has 2 aromatic rings. The van der Waals surface area contributed by atoms with E-state index in [1.807, 2.05) is 0 Å². The van der Waals surface area contributed by atoms with Gasteiger partial charge in [0.25, 0.3) is 11.3 Å². The summed E-state index contributed by atoms with van der Waals surface area (Å²) in [6, 6.07) is 0. The first kappa shape index (κ1) is 10.1. The fourth-order valence-electron chi connectivity index (χ4n) is 2.01. The molecule has 17 heavy (non-hydrogen) atoms. The summed E-state index contributed by atoms with van der Waals surface area (Å²) < 4.78 is 10.9. The van der Waals surface area contributed by atoms with Gasteiger partial charge in [0.05, 0.1) is 6.61 Å². The zero-order valence-corrected chi connectivity index (χ0v) is 8.80. The molecule has 0 spiro atoms. The maximum atomic E-state index is 11.7. The normalized spacial score (nSPS) is 20.1. The minimum Gasteiger partial charge on any atom is -0.381 e. The highest BCUT2D eigenvalue weighted by atomic mass is 16.5. The number of aromatic amines is 1. The molecule has 1 aliphatic heterocycles. The lowest BCUT2D eigenvalue weighted by molar-refractivity contribution is 0.193. The van der Waals surface area contributed by atoms with Crippen molar-refractivity contribution in [3.05, 3.63) is 26.5 Å². The average molecular weight is 238 g/mol. The molecule has 1 aliphatic rings. The molecular formula is C9H10N4O4. The number of nitrogens with zero attached hydrogens (tertiary/aromatic N) is 2. The summed E-state index contributed by atoms with van der Waals surface area (Å²) in [7, 11) is 0. The second kappa shape index (κ2) is 3.45. The van der Waals surface area contributed by atoms with Crippen molar-refractivity contribution in [3.63, 3.8) is 0 Å². The van der Waals surface area contributed by atoms with Crippen molar-refractivity contribution in [3.8, 4) is 0 Å². The smallest absolute Gasteiger partial charge is 0.349 e. The number of aromatic nitrogens is 3. The SMILES string of the molecule is Nn1c(=O)[nH]c(=O)c2c(C3CCOC3)noc21. The van der Waals surface area contributed by atoms with Gasteiger partial charge in [-0.05, 0) is 6.42 Å². The average Bonchev–Trinajstić information content (AvgIpc) is 2.94. The molecule has 0 aliphatic carbocycles. The van der Waals surface area contributed by atoms with Crippen LogP contribution in [0.5, 0.6) is 0 Å². The number of fused-ring (bicyclic) bond motifs is 1. The molecule has 0 amide bonds. The summed E-state index contributed by atoms with van der Waals surface area (Å²) >= 11 is 0. The third-order valence-corrected chi connectivity index (χ3v) is 2.90. The van der Waals surface area contributed by atoms with Crippen LogP contribution < -0.4 is 17.1 Å². The van der Waals surface area contributed by atoms with Gasteiger partial charge in [-0.2, -0.15) is 4.68 Å². The van der Waals surface area contributed by atoms with Crippen molar-refractivity contribution in [1.82, 2.24) is 14.8 Å². The van der Waals surface area contributed by atoms with Crippen molar-refractivity contribution in [2.45, 2.75) is 12.3 Å². The van der Waals surface area contributed by atoms with Crippen LogP contribution in [0.15, 0.2) is 14.1 Å². The van der Waals surface area contributed by atoms with Gasteiger partial charge < -0.3 is 15.1 Å². The number of hydrogen-bond donors (Lipinski definition) is 2. The van der Waals surface area contributed by atoms with Gasteiger partial charge in [0.1, 0.15) is 11.1 Å². The third kappa shape index (κ3) is 1.37. The highest BCUT2D eigenvalue weighted by Gasteiger charge is 2.26. The monoisotopic (exact) mass is 238 g/mol. The van der Waals surface area contributed by atoms with E-state index in [0.29, 0.717) is 18.9 Å². The van der Waals surface area contributed by atoms with Crippen LogP contribution in [0.25, 0.3) is 11.1 Å². The molecule has 1 saturated heterocycles. The zero-order chi connectivity index (χ0) is 12.0. The van der Waals surface area contributed by atoms with E-state index in [2.05, 4.69) is 10.1 Å². The molecule has 8 heteroatoms. The molecule has 3 N–H and O–H groups in total. The van der Waals surface area contributed by atoms with Gasteiger partial charge in [-0.25, -0.2) is 4.79 Å². The Morgan fingerprint density at radius 3 is 3.00 bits per heavy atom. The molecule has 1 atom stereocenters. The molecule has 8 nitrogen and oxygen atoms in total. The lowest BCUT2D eigenvalue weighted by Crippen LogP contribution is -2.34. The van der Waals surface area contributed by atoms with Crippen LogP contribution in [0.4, 0.5) is 0 Å². The highest BCUT2D eigenvalue weighted by Crippen LogP contribution is 2.27. The van der Waals surface area contributed by atoms with E-state index in [-0.39, 0.29) is 17.0 Å². The summed E-state index contributed by atoms with van der Waals surface area (Å²) in [5.74, 6) is 5.48. The molecule has 2 aromatic heterocycles. The quantitative estimate of drug-likeness (QED) is 0.609. The van der Waals surface area contributed by atoms with Crippen molar-refractivity contribution in [2.24, 2.45) is 0 Å². The van der Waals surface area contributed by atoms with E-state index in [1.54, 1.807) is 0 Å². The second-order valence-corrected chi connectivity index (χ2v) is 3.94. The number of nitrogens with one attached hydrogen (secondary N) is 1. The number of rotatable bonds is 1. The first-order chi connectivity index (χ1) is 8.18. The predicted octanol–water partition coefficient (Wildman–Crippen LogP) is -1.10. The number of H-pyrrole nitrogens is 1. The molecule has 1 unspecified atom stereocenters. The van der Waals surface area contributed by atoms with Crippen LogP contribution >= 0.6 is 0 Å². The zero-order valence-electron chi connectivity index (χ0n) is 8.80. The summed E-state index contributed by atoms with van der Waals surface area (Å²) in [5.41, 5.74) is -0.777. The number of nitrogens with two attached hydrogens (primary N) is 1. The molecule has 0 radical (unpaired) electrons. The van der Waals surface area contributed by atoms with Gasteiger partial charge in [-0.3, -0.25) is 9.78 Å². The summed E-state index contributed by atoms with van der Waals surface area (Å²) in [6.45, 7) is 1.12. The molecule has 3 rings (SSSR count). The van der Waals surface area contributed by atoms with Gasteiger partial charge in [0.2, 0.25) is 0 Å². The van der Waals surface area contributed by atoms with E-state index in [9.17, 15) is 9.59 Å². The fourth-order valence-corrected chi connectivity index (χ4v) is 2.01. The van der Waals surface area contributed by atoms with E-state index in [1.165, 1.54) is 0 Å². The van der Waals surface area contributed by atoms with Crippen molar-refractivity contribution in [2.75, 3.05) is 19.1 Å². The standard InChI is InChI=1S/C9H10N4O4/c10-13-8-5(7(14)11-9(13)15)6(12-17-8)4-1-2-16-3-4/h4H,1-3,10H2,(H,11,14,15). The maximum absolute atomic E-state index is 11.7. The van der Waals surface area contributed by atoms with Crippen LogP contribution in [0.1, 0.15) is 18.0 Å². The first-order valence-electron chi connectivity index (χ1n) is 5.16. The lowest BCUT2D eigenvalue weighted by atomic mass is 10.0. The van der Waals surface area contributed by atoms with Gasteiger partial charge in [-0.1, -0.05) is 5.16 Å². The Morgan fingerprint density at radius 1 is 1.47 bits per heavy atom. The molecule has 0 saturated carbocycles. The number of hydrogen-bond acceptors (Lipinski definition) is 6. The molecule has 3 heterocycles. The number of nitrogen functional groups attached to an aromatic ring is 1. The Hall–Kier alpha value is -2.09. The van der Waals surface area contributed by atoms with E-state index < -0.39 is 11.2 Å². The predicted molar refractivity (Wildman–Crippen MR) is 57.2 cm³/mol. The van der Waals surface area contributed by atoms with Crippen molar-refractivity contribution in [1.29, 1.82) is 0 Å². The molecule has 1 fully saturated rings. The Bertz CT molecular complexity index is 676. The topological polar surface area (TPSA) is 116 Å². The maximum Gasteiger partial charge on any atom is 0.349 e. The van der Waals surface area contributed by atoms with Gasteiger partial charge in [0, 0.05) is 12.5 Å². The Morgan fingerprint density at radius 2 is 2.29 bits per heavy atom. The third-order valence-electron chi connectivity index (χ3n) is 2.90. The molecular weight excluding hydrogens is 228 g/mol. The largest absolute Gasteiger partial charge is 0.381 e. The molecule has 0 bridgehead atoms. The van der Waals surface area contributed by atoms with E-state index in [4.69, 9.17) is 15.1 Å². The Balaban J connectivity index is 2.32. The van der Waals surface area contributed by atoms with Crippen LogP contribution in [-0.4, -0.2) is 28.0 Å². The Labute approximate surface area is 93.9 Å². The second-order valence-electron chi connectivity index (χ2n) is 3.94. The molecule has 90 valence electrons.